The minimum Gasteiger partial charge on any atom is -0.451 e. The maximum Gasteiger partial charge on any atom is 0.358 e. The Hall–Kier alpha value is -2.61. The zero-order valence-corrected chi connectivity index (χ0v) is 15.1. The van der Waals surface area contributed by atoms with E-state index in [0.29, 0.717) is 17.4 Å². The molecule has 1 amide bonds. The van der Waals surface area contributed by atoms with Gasteiger partial charge in [0, 0.05) is 24.3 Å². The zero-order valence-electron chi connectivity index (χ0n) is 14.3. The Kier molecular flexibility index (Phi) is 6.43. The van der Waals surface area contributed by atoms with Crippen LogP contribution in [-0.2, 0) is 9.53 Å². The molecule has 0 fully saturated rings. The van der Waals surface area contributed by atoms with Crippen LogP contribution >= 0.6 is 11.3 Å². The molecule has 26 heavy (non-hydrogen) atoms. The van der Waals surface area contributed by atoms with Crippen LogP contribution in [0.15, 0.2) is 35.5 Å². The van der Waals surface area contributed by atoms with Gasteiger partial charge in [0.15, 0.2) is 23.1 Å². The maximum atomic E-state index is 12.0. The van der Waals surface area contributed by atoms with Gasteiger partial charge in [-0.2, -0.15) is 0 Å². The van der Waals surface area contributed by atoms with Gasteiger partial charge < -0.3 is 10.1 Å². The van der Waals surface area contributed by atoms with E-state index in [4.69, 9.17) is 4.74 Å². The predicted octanol–water partition coefficient (Wildman–Crippen LogP) is 2.76. The van der Waals surface area contributed by atoms with Crippen LogP contribution in [0.25, 0.3) is 10.8 Å². The van der Waals surface area contributed by atoms with Crippen molar-refractivity contribution in [3.8, 4) is 10.8 Å². The summed E-state index contributed by atoms with van der Waals surface area (Å²) in [5, 5.41) is 4.87. The van der Waals surface area contributed by atoms with E-state index < -0.39 is 5.97 Å². The maximum absolute atomic E-state index is 12.0. The fraction of sp³-hybridized carbons (Fsp3) is 0.389. The van der Waals surface area contributed by atoms with Crippen LogP contribution in [0.1, 0.15) is 42.6 Å². The summed E-state index contributed by atoms with van der Waals surface area (Å²) in [6, 6.07) is 1.70. The molecule has 7 nitrogen and oxygen atoms in total. The topological polar surface area (TPSA) is 94.1 Å². The minimum absolute atomic E-state index is 0.151. The van der Waals surface area contributed by atoms with Crippen molar-refractivity contribution in [1.29, 1.82) is 0 Å². The van der Waals surface area contributed by atoms with E-state index in [-0.39, 0.29) is 18.2 Å². The summed E-state index contributed by atoms with van der Waals surface area (Å²) in [5.74, 6) is -0.489. The second kappa shape index (κ2) is 9.19. The van der Waals surface area contributed by atoms with Crippen LogP contribution in [0.3, 0.4) is 0 Å². The van der Waals surface area contributed by atoms with E-state index in [9.17, 15) is 9.59 Å². The summed E-state index contributed by atoms with van der Waals surface area (Å²) < 4.78 is 5.02. The van der Waals surface area contributed by atoms with Crippen LogP contribution in [0, 0.1) is 0 Å². The number of aromatic nitrogens is 3. The van der Waals surface area contributed by atoms with Crippen molar-refractivity contribution < 1.29 is 14.3 Å². The third-order valence-corrected chi connectivity index (χ3v) is 4.80. The van der Waals surface area contributed by atoms with Crippen molar-refractivity contribution in [2.24, 2.45) is 0 Å². The Labute approximate surface area is 155 Å². The number of thiazole rings is 1. The first-order valence-corrected chi connectivity index (χ1v) is 9.45. The first kappa shape index (κ1) is 18.2. The number of carbonyl (C=O) groups excluding carboxylic acids is 2. The lowest BCUT2D eigenvalue weighted by molar-refractivity contribution is -0.124. The van der Waals surface area contributed by atoms with Crippen LogP contribution in [0.4, 0.5) is 0 Å². The first-order chi connectivity index (χ1) is 12.7. The molecule has 0 radical (unpaired) electrons. The zero-order chi connectivity index (χ0) is 18.2. The molecular formula is C18H20N4O3S. The lowest BCUT2D eigenvalue weighted by Gasteiger charge is -2.12. The average Bonchev–Trinajstić information content (AvgIpc) is 3.18. The number of hydrogen-bond acceptors (Lipinski definition) is 7. The molecule has 0 atom stereocenters. The van der Waals surface area contributed by atoms with Crippen molar-refractivity contribution >= 4 is 23.2 Å². The third kappa shape index (κ3) is 5.19. The summed E-state index contributed by atoms with van der Waals surface area (Å²) >= 11 is 1.25. The average molecular weight is 372 g/mol. The van der Waals surface area contributed by atoms with Gasteiger partial charge in [0.1, 0.15) is 0 Å². The van der Waals surface area contributed by atoms with Crippen LogP contribution < -0.4 is 5.32 Å². The molecule has 2 heterocycles. The minimum atomic E-state index is -0.631. The highest BCUT2D eigenvalue weighted by Gasteiger charge is 2.16. The van der Waals surface area contributed by atoms with Gasteiger partial charge in [-0.3, -0.25) is 4.79 Å². The molecule has 0 unspecified atom stereocenters. The molecule has 8 heteroatoms. The summed E-state index contributed by atoms with van der Waals surface area (Å²) in [6.45, 7) is 0.251. The van der Waals surface area contributed by atoms with Gasteiger partial charge in [-0.1, -0.05) is 11.6 Å². The molecule has 2 aromatic heterocycles. The smallest absolute Gasteiger partial charge is 0.358 e. The van der Waals surface area contributed by atoms with Gasteiger partial charge in [0.05, 0.1) is 0 Å². The van der Waals surface area contributed by atoms with Gasteiger partial charge in [-0.25, -0.2) is 19.7 Å². The third-order valence-electron chi connectivity index (χ3n) is 3.96. The SMILES string of the molecule is O=C(COC(=O)c1csc(-c2ncccn2)n1)NCCC1=CCCCC1. The van der Waals surface area contributed by atoms with Crippen LogP contribution in [-0.4, -0.2) is 40.0 Å². The van der Waals surface area contributed by atoms with E-state index in [1.54, 1.807) is 23.8 Å². The largest absolute Gasteiger partial charge is 0.451 e. The lowest BCUT2D eigenvalue weighted by atomic mass is 9.97. The van der Waals surface area contributed by atoms with E-state index in [1.807, 2.05) is 0 Å². The van der Waals surface area contributed by atoms with E-state index >= 15 is 0 Å². The standard InChI is InChI=1S/C18H20N4O3S/c23-15(19-10-7-13-5-2-1-3-6-13)11-25-18(24)14-12-26-17(22-14)16-20-8-4-9-21-16/h4-5,8-9,12H,1-3,6-7,10-11H2,(H,19,23). The number of esters is 1. The van der Waals surface area contributed by atoms with Gasteiger partial charge in [0.25, 0.3) is 5.91 Å². The molecule has 1 N–H and O–H groups in total. The number of allylic oxidation sites excluding steroid dienone is 1. The quantitative estimate of drug-likeness (QED) is 0.593. The van der Waals surface area contributed by atoms with Crippen molar-refractivity contribution in [1.82, 2.24) is 20.3 Å². The first-order valence-electron chi connectivity index (χ1n) is 8.57. The fourth-order valence-electron chi connectivity index (χ4n) is 2.63. The van der Waals surface area contributed by atoms with Gasteiger partial charge in [0.2, 0.25) is 0 Å². The monoisotopic (exact) mass is 372 g/mol. The number of nitrogens with zero attached hydrogens (tertiary/aromatic N) is 3. The van der Waals surface area contributed by atoms with Crippen LogP contribution in [0.5, 0.6) is 0 Å². The Morgan fingerprint density at radius 1 is 1.23 bits per heavy atom. The predicted molar refractivity (Wildman–Crippen MR) is 97.6 cm³/mol. The molecule has 1 aliphatic carbocycles. The summed E-state index contributed by atoms with van der Waals surface area (Å²) in [7, 11) is 0. The molecule has 0 spiro atoms. The Morgan fingerprint density at radius 3 is 2.85 bits per heavy atom. The second-order valence-electron chi connectivity index (χ2n) is 5.89. The number of amides is 1. The van der Waals surface area contributed by atoms with Crippen molar-refractivity contribution in [3.63, 3.8) is 0 Å². The molecule has 1 aliphatic rings. The highest BCUT2D eigenvalue weighted by atomic mass is 32.1. The second-order valence-corrected chi connectivity index (χ2v) is 6.75. The number of nitrogens with one attached hydrogen (secondary N) is 1. The number of carbonyl (C=O) groups is 2. The fourth-order valence-corrected chi connectivity index (χ4v) is 3.36. The molecule has 0 aromatic carbocycles. The highest BCUT2D eigenvalue weighted by Crippen LogP contribution is 2.20. The van der Waals surface area contributed by atoms with Gasteiger partial charge in [-0.05, 0) is 38.2 Å². The molecule has 0 aliphatic heterocycles. The van der Waals surface area contributed by atoms with E-state index in [2.05, 4.69) is 26.3 Å². The number of hydrogen-bond donors (Lipinski definition) is 1. The molecule has 0 saturated heterocycles. The molecule has 0 bridgehead atoms. The van der Waals surface area contributed by atoms with Gasteiger partial charge >= 0.3 is 5.97 Å². The summed E-state index contributed by atoms with van der Waals surface area (Å²) in [6.07, 6.45) is 11.0. The summed E-state index contributed by atoms with van der Waals surface area (Å²) in [5.41, 5.74) is 1.55. The molecule has 3 rings (SSSR count). The normalized spacial score (nSPS) is 13.8. The highest BCUT2D eigenvalue weighted by molar-refractivity contribution is 7.13. The molecular weight excluding hydrogens is 352 g/mol. The molecule has 2 aromatic rings. The Morgan fingerprint density at radius 2 is 2.08 bits per heavy atom. The Bertz CT molecular complexity index is 789. The van der Waals surface area contributed by atoms with Crippen molar-refractivity contribution in [2.75, 3.05) is 13.2 Å². The molecule has 0 saturated carbocycles. The number of rotatable bonds is 7. The molecule has 136 valence electrons. The number of ether oxygens (including phenoxy) is 1. The van der Waals surface area contributed by atoms with Crippen molar-refractivity contribution in [3.05, 3.63) is 41.2 Å². The van der Waals surface area contributed by atoms with Crippen LogP contribution in [0.2, 0.25) is 0 Å². The van der Waals surface area contributed by atoms with Gasteiger partial charge in [-0.15, -0.1) is 11.3 Å². The van der Waals surface area contributed by atoms with E-state index in [0.717, 1.165) is 19.3 Å². The Balaban J connectivity index is 1.41. The van der Waals surface area contributed by atoms with Crippen molar-refractivity contribution in [2.45, 2.75) is 32.1 Å². The lowest BCUT2D eigenvalue weighted by Crippen LogP contribution is -2.30. The van der Waals surface area contributed by atoms with E-state index in [1.165, 1.54) is 29.8 Å². The summed E-state index contributed by atoms with van der Waals surface area (Å²) in [4.78, 5) is 36.1.